The fourth-order valence-corrected chi connectivity index (χ4v) is 5.75. The molecule has 3 aromatic rings. The van der Waals surface area contributed by atoms with Gasteiger partial charge >= 0.3 is 0 Å². The summed E-state index contributed by atoms with van der Waals surface area (Å²) in [6.07, 6.45) is 0.199. The van der Waals surface area contributed by atoms with Crippen molar-refractivity contribution in [3.63, 3.8) is 0 Å². The smallest absolute Gasteiger partial charge is 0.243 e. The Morgan fingerprint density at radius 1 is 0.900 bits per heavy atom. The van der Waals surface area contributed by atoms with Crippen molar-refractivity contribution in [1.82, 2.24) is 14.5 Å². The molecule has 0 spiro atoms. The van der Waals surface area contributed by atoms with Gasteiger partial charge in [0.1, 0.15) is 6.04 Å². The van der Waals surface area contributed by atoms with Crippen LogP contribution in [-0.2, 0) is 32.6 Å². The van der Waals surface area contributed by atoms with Gasteiger partial charge in [-0.05, 0) is 57.5 Å². The molecule has 10 heteroatoms. The number of rotatable bonds is 10. The Labute approximate surface area is 247 Å². The van der Waals surface area contributed by atoms with Gasteiger partial charge in [-0.1, -0.05) is 77.3 Å². The number of benzene rings is 3. The Bertz CT molecular complexity index is 1420. The minimum atomic E-state index is -3.97. The maximum atomic E-state index is 14.0. The standard InChI is InChI=1S/C30H35Cl2N3O4S/c1-21-14-16-23(17-15-21)40(38,39)34(5)20-28(36)35(19-24-25(31)12-9-13-26(24)32)27(29(37)33-30(2,3)4)18-22-10-7-6-8-11-22/h6-17,27H,18-20H2,1-5H3,(H,33,37). The van der Waals surface area contributed by atoms with E-state index in [0.29, 0.717) is 15.6 Å². The molecular formula is C30H35Cl2N3O4S. The number of halogens is 2. The van der Waals surface area contributed by atoms with Gasteiger partial charge in [0.25, 0.3) is 0 Å². The highest BCUT2D eigenvalue weighted by atomic mass is 35.5. The molecule has 0 heterocycles. The zero-order chi connectivity index (χ0) is 29.7. The number of hydrogen-bond acceptors (Lipinski definition) is 4. The predicted octanol–water partition coefficient (Wildman–Crippen LogP) is 5.48. The molecule has 0 aliphatic carbocycles. The van der Waals surface area contributed by atoms with Crippen LogP contribution in [0.4, 0.5) is 0 Å². The number of likely N-dealkylation sites (N-methyl/N-ethyl adjacent to an activating group) is 1. The third-order valence-electron chi connectivity index (χ3n) is 6.25. The summed E-state index contributed by atoms with van der Waals surface area (Å²) in [6, 6.07) is 19.7. The lowest BCUT2D eigenvalue weighted by molar-refractivity contribution is -0.141. The Morgan fingerprint density at radius 3 is 2.02 bits per heavy atom. The monoisotopic (exact) mass is 603 g/mol. The number of nitrogens with one attached hydrogen (secondary N) is 1. The van der Waals surface area contributed by atoms with Gasteiger partial charge in [0.05, 0.1) is 11.4 Å². The minimum Gasteiger partial charge on any atom is -0.350 e. The van der Waals surface area contributed by atoms with Gasteiger partial charge in [0, 0.05) is 41.2 Å². The van der Waals surface area contributed by atoms with E-state index < -0.39 is 34.1 Å². The minimum absolute atomic E-state index is 0.0698. The third-order valence-corrected chi connectivity index (χ3v) is 8.77. The highest BCUT2D eigenvalue weighted by Crippen LogP contribution is 2.28. The number of nitrogens with zero attached hydrogens (tertiary/aromatic N) is 2. The second kappa shape index (κ2) is 13.2. The van der Waals surface area contributed by atoms with Gasteiger partial charge in [0.15, 0.2) is 0 Å². The van der Waals surface area contributed by atoms with Crippen molar-refractivity contribution in [2.75, 3.05) is 13.6 Å². The average molecular weight is 605 g/mol. The van der Waals surface area contributed by atoms with Crippen molar-refractivity contribution in [1.29, 1.82) is 0 Å². The molecule has 3 aromatic carbocycles. The Kier molecular flexibility index (Phi) is 10.4. The molecule has 3 rings (SSSR count). The first-order valence-electron chi connectivity index (χ1n) is 12.8. The first kappa shape index (κ1) is 31.6. The molecule has 0 saturated heterocycles. The van der Waals surface area contributed by atoms with E-state index >= 15 is 0 Å². The Morgan fingerprint density at radius 2 is 1.48 bits per heavy atom. The summed E-state index contributed by atoms with van der Waals surface area (Å²) in [5.74, 6) is -0.948. The van der Waals surface area contributed by atoms with Crippen LogP contribution < -0.4 is 5.32 Å². The lowest BCUT2D eigenvalue weighted by Crippen LogP contribution is -2.56. The molecule has 40 heavy (non-hydrogen) atoms. The van der Waals surface area contributed by atoms with Crippen LogP contribution in [0.15, 0.2) is 77.7 Å². The lowest BCUT2D eigenvalue weighted by atomic mass is 10.0. The fourth-order valence-electron chi connectivity index (χ4n) is 4.12. The van der Waals surface area contributed by atoms with Crippen LogP contribution in [0.1, 0.15) is 37.5 Å². The third kappa shape index (κ3) is 8.30. The predicted molar refractivity (Wildman–Crippen MR) is 160 cm³/mol. The fraction of sp³-hybridized carbons (Fsp3) is 0.333. The molecule has 0 fully saturated rings. The zero-order valence-corrected chi connectivity index (χ0v) is 25.6. The number of carbonyl (C=O) groups is 2. The average Bonchev–Trinajstić information content (AvgIpc) is 2.87. The molecule has 0 aromatic heterocycles. The van der Waals surface area contributed by atoms with E-state index in [4.69, 9.17) is 23.2 Å². The summed E-state index contributed by atoms with van der Waals surface area (Å²) in [5, 5.41) is 3.64. The number of sulfonamides is 1. The van der Waals surface area contributed by atoms with Gasteiger partial charge in [-0.2, -0.15) is 4.31 Å². The summed E-state index contributed by atoms with van der Waals surface area (Å²) >= 11 is 12.9. The second-order valence-corrected chi connectivity index (χ2v) is 13.6. The second-order valence-electron chi connectivity index (χ2n) is 10.7. The molecule has 0 radical (unpaired) electrons. The van der Waals surface area contributed by atoms with Crippen molar-refractivity contribution in [3.05, 3.63) is 99.5 Å². The van der Waals surface area contributed by atoms with Gasteiger partial charge in [-0.15, -0.1) is 0 Å². The van der Waals surface area contributed by atoms with Crippen LogP contribution in [0.25, 0.3) is 0 Å². The molecule has 0 aliphatic rings. The summed E-state index contributed by atoms with van der Waals surface area (Å²) in [5.41, 5.74) is 1.63. The van der Waals surface area contributed by atoms with E-state index in [0.717, 1.165) is 15.4 Å². The van der Waals surface area contributed by atoms with Crippen molar-refractivity contribution in [3.8, 4) is 0 Å². The van der Waals surface area contributed by atoms with Crippen molar-refractivity contribution < 1.29 is 18.0 Å². The highest BCUT2D eigenvalue weighted by Gasteiger charge is 2.35. The van der Waals surface area contributed by atoms with Gasteiger partial charge < -0.3 is 10.2 Å². The number of carbonyl (C=O) groups excluding carboxylic acids is 2. The van der Waals surface area contributed by atoms with E-state index in [1.807, 2.05) is 58.0 Å². The molecule has 0 bridgehead atoms. The molecule has 1 unspecified atom stereocenters. The molecule has 0 aliphatic heterocycles. The zero-order valence-electron chi connectivity index (χ0n) is 23.3. The quantitative estimate of drug-likeness (QED) is 0.332. The largest absolute Gasteiger partial charge is 0.350 e. The van der Waals surface area contributed by atoms with Crippen molar-refractivity contribution in [2.24, 2.45) is 0 Å². The van der Waals surface area contributed by atoms with Gasteiger partial charge in [-0.3, -0.25) is 9.59 Å². The van der Waals surface area contributed by atoms with E-state index in [-0.39, 0.29) is 23.8 Å². The molecule has 214 valence electrons. The van der Waals surface area contributed by atoms with Crippen LogP contribution in [-0.4, -0.2) is 54.6 Å². The maximum Gasteiger partial charge on any atom is 0.243 e. The summed E-state index contributed by atoms with van der Waals surface area (Å²) in [7, 11) is -2.63. The number of amides is 2. The van der Waals surface area contributed by atoms with Crippen molar-refractivity contribution in [2.45, 2.75) is 57.1 Å². The summed E-state index contributed by atoms with van der Waals surface area (Å²) in [6.45, 7) is 6.82. The molecule has 0 saturated carbocycles. The molecule has 7 nitrogen and oxygen atoms in total. The summed E-state index contributed by atoms with van der Waals surface area (Å²) in [4.78, 5) is 29.1. The van der Waals surface area contributed by atoms with Gasteiger partial charge in [0.2, 0.25) is 21.8 Å². The molecule has 1 atom stereocenters. The first-order valence-corrected chi connectivity index (χ1v) is 15.0. The lowest BCUT2D eigenvalue weighted by Gasteiger charge is -2.35. The Hall–Kier alpha value is -2.91. The van der Waals surface area contributed by atoms with Crippen LogP contribution in [0.5, 0.6) is 0 Å². The normalized spacial score (nSPS) is 12.7. The van der Waals surface area contributed by atoms with Crippen LogP contribution in [0, 0.1) is 6.92 Å². The van der Waals surface area contributed by atoms with Crippen LogP contribution in [0.2, 0.25) is 10.0 Å². The van der Waals surface area contributed by atoms with E-state index in [9.17, 15) is 18.0 Å². The number of hydrogen-bond donors (Lipinski definition) is 1. The van der Waals surface area contributed by atoms with E-state index in [1.54, 1.807) is 30.3 Å². The Balaban J connectivity index is 2.04. The highest BCUT2D eigenvalue weighted by molar-refractivity contribution is 7.89. The van der Waals surface area contributed by atoms with Crippen molar-refractivity contribution >= 4 is 45.0 Å². The molecule has 2 amide bonds. The van der Waals surface area contributed by atoms with Crippen LogP contribution in [0.3, 0.4) is 0 Å². The van der Waals surface area contributed by atoms with E-state index in [2.05, 4.69) is 5.32 Å². The summed E-state index contributed by atoms with van der Waals surface area (Å²) < 4.78 is 27.6. The molecular weight excluding hydrogens is 569 g/mol. The number of aryl methyl sites for hydroxylation is 1. The maximum absolute atomic E-state index is 14.0. The SMILES string of the molecule is Cc1ccc(S(=O)(=O)N(C)CC(=O)N(Cc2c(Cl)cccc2Cl)C(Cc2ccccc2)C(=O)NC(C)(C)C)cc1. The molecule has 1 N–H and O–H groups in total. The topological polar surface area (TPSA) is 86.8 Å². The van der Waals surface area contributed by atoms with E-state index in [1.165, 1.54) is 24.1 Å². The van der Waals surface area contributed by atoms with Crippen LogP contribution >= 0.6 is 23.2 Å². The first-order chi connectivity index (χ1) is 18.7. The van der Waals surface area contributed by atoms with Gasteiger partial charge in [-0.25, -0.2) is 8.42 Å².